The quantitative estimate of drug-likeness (QED) is 0.171. The number of nitrogens with zero attached hydrogens (tertiary/aromatic N) is 1. The summed E-state index contributed by atoms with van der Waals surface area (Å²) in [6.07, 6.45) is 0. The van der Waals surface area contributed by atoms with E-state index in [-0.39, 0.29) is 16.2 Å². The molecule has 3 aliphatic rings. The van der Waals surface area contributed by atoms with Gasteiger partial charge in [-0.1, -0.05) is 206 Å². The molecule has 0 bridgehead atoms. The van der Waals surface area contributed by atoms with Gasteiger partial charge in [0.2, 0.25) is 0 Å². The van der Waals surface area contributed by atoms with Crippen molar-refractivity contribution in [3.05, 3.63) is 244 Å². The largest absolute Gasteiger partial charge is 0.455 e. The maximum atomic E-state index is 7.15. The van der Waals surface area contributed by atoms with Crippen LogP contribution in [0, 0.1) is 0 Å². The van der Waals surface area contributed by atoms with Crippen molar-refractivity contribution in [3.8, 4) is 33.4 Å². The zero-order valence-corrected chi connectivity index (χ0v) is 39.3. The van der Waals surface area contributed by atoms with Crippen LogP contribution in [0.5, 0.6) is 0 Å². The second-order valence-electron chi connectivity index (χ2n) is 21.2. The summed E-state index contributed by atoms with van der Waals surface area (Å²) in [6.45, 7) is 16.4. The summed E-state index contributed by atoms with van der Waals surface area (Å²) in [5.74, 6) is 0. The van der Waals surface area contributed by atoms with E-state index in [1.165, 1.54) is 94.2 Å². The molecule has 0 saturated heterocycles. The molecule has 0 unspecified atom stereocenters. The summed E-state index contributed by atoms with van der Waals surface area (Å²) in [5, 5.41) is 2.39. The van der Waals surface area contributed by atoms with Crippen molar-refractivity contribution in [2.24, 2.45) is 0 Å². The Kier molecular flexibility index (Phi) is 8.23. The maximum Gasteiger partial charge on any atom is 0.143 e. The lowest BCUT2D eigenvalue weighted by Crippen LogP contribution is -2.28. The highest BCUT2D eigenvalue weighted by atomic mass is 16.3. The minimum atomic E-state index is -0.546. The Hall–Kier alpha value is -7.42. The molecule has 324 valence electrons. The molecule has 0 aliphatic heterocycles. The average molecular weight is 864 g/mol. The van der Waals surface area contributed by atoms with Crippen LogP contribution in [0.25, 0.3) is 55.3 Å². The van der Waals surface area contributed by atoms with E-state index in [9.17, 15) is 0 Å². The second-order valence-corrected chi connectivity index (χ2v) is 21.2. The van der Waals surface area contributed by atoms with Crippen LogP contribution in [0.4, 0.5) is 17.1 Å². The third-order valence-electron chi connectivity index (χ3n) is 15.9. The van der Waals surface area contributed by atoms with Gasteiger partial charge in [0.15, 0.2) is 0 Å². The fourth-order valence-electron chi connectivity index (χ4n) is 12.8. The number of rotatable bonds is 5. The molecular weight excluding hydrogens is 811 g/mol. The summed E-state index contributed by atoms with van der Waals surface area (Å²) >= 11 is 0. The zero-order chi connectivity index (χ0) is 45.6. The van der Waals surface area contributed by atoms with Crippen LogP contribution in [-0.4, -0.2) is 0 Å². The third kappa shape index (κ3) is 5.33. The molecule has 67 heavy (non-hydrogen) atoms. The number of hydrogen-bond acceptors (Lipinski definition) is 2. The first-order valence-electron chi connectivity index (χ1n) is 23.9. The topological polar surface area (TPSA) is 16.4 Å². The van der Waals surface area contributed by atoms with E-state index >= 15 is 0 Å². The van der Waals surface area contributed by atoms with Crippen LogP contribution in [-0.2, 0) is 21.7 Å². The van der Waals surface area contributed by atoms with Gasteiger partial charge in [-0.2, -0.15) is 0 Å². The molecule has 0 saturated carbocycles. The van der Waals surface area contributed by atoms with Crippen LogP contribution < -0.4 is 4.90 Å². The van der Waals surface area contributed by atoms with Gasteiger partial charge in [0.1, 0.15) is 11.2 Å². The molecule has 0 spiro atoms. The van der Waals surface area contributed by atoms with Gasteiger partial charge in [-0.15, -0.1) is 0 Å². The molecule has 1 aromatic heterocycles. The summed E-state index contributed by atoms with van der Waals surface area (Å²) in [7, 11) is 0. The Morgan fingerprint density at radius 1 is 0.418 bits per heavy atom. The maximum absolute atomic E-state index is 7.15. The SMILES string of the molecule is CC(C)(C)c1cccc2oc3c4c(ccc3c12)C(C)(C)c1cccc(N(c2cccc(C3(c5ccccc5)c5ccccc5-c5ccccc53)c2)c2ccc3c(c2)C(C)(C)c2ccccc2-3)c1-4. The molecule has 3 aliphatic carbocycles. The van der Waals surface area contributed by atoms with Gasteiger partial charge >= 0.3 is 0 Å². The Labute approximate surface area is 394 Å². The van der Waals surface area contributed by atoms with E-state index in [0.29, 0.717) is 0 Å². The number of furan rings is 1. The number of fused-ring (bicyclic) bond motifs is 13. The van der Waals surface area contributed by atoms with Gasteiger partial charge in [-0.25, -0.2) is 0 Å². The summed E-state index contributed by atoms with van der Waals surface area (Å²) < 4.78 is 7.15. The number of hydrogen-bond donors (Lipinski definition) is 0. The molecule has 2 heteroatoms. The standard InChI is InChI=1S/C65H53NO/c1-62(2,3)52-30-19-33-57-58(52)48-36-37-54-60(61(48)67-57)59-53(64(54,6)7)31-18-32-56(59)66(43-34-35-47-44-24-11-14-27-49(44)63(4,5)55(47)39-43)42-23-17-22-41(38-42)65(40-20-9-8-10-21-40)50-28-15-12-25-45(50)46-26-13-16-29-51(46)65/h8-39H,1-7H3. The van der Waals surface area contributed by atoms with Crippen LogP contribution in [0.2, 0.25) is 0 Å². The van der Waals surface area contributed by atoms with Crippen molar-refractivity contribution < 1.29 is 4.42 Å². The van der Waals surface area contributed by atoms with Crippen molar-refractivity contribution >= 4 is 39.0 Å². The van der Waals surface area contributed by atoms with Crippen LogP contribution in [0.15, 0.2) is 199 Å². The molecule has 2 nitrogen and oxygen atoms in total. The lowest BCUT2D eigenvalue weighted by molar-refractivity contribution is 0.594. The predicted octanol–water partition coefficient (Wildman–Crippen LogP) is 17.3. The van der Waals surface area contributed by atoms with Crippen molar-refractivity contribution in [1.29, 1.82) is 0 Å². The Balaban J connectivity index is 1.11. The molecule has 9 aromatic carbocycles. The molecule has 0 atom stereocenters. The van der Waals surface area contributed by atoms with Gasteiger partial charge in [0.25, 0.3) is 0 Å². The molecule has 1 heterocycles. The van der Waals surface area contributed by atoms with Crippen molar-refractivity contribution in [3.63, 3.8) is 0 Å². The minimum Gasteiger partial charge on any atom is -0.455 e. The van der Waals surface area contributed by atoms with Gasteiger partial charge in [0, 0.05) is 44.1 Å². The normalized spacial score (nSPS) is 15.4. The van der Waals surface area contributed by atoms with E-state index in [1.807, 2.05) is 0 Å². The lowest BCUT2D eigenvalue weighted by Gasteiger charge is -2.35. The first kappa shape index (κ1) is 39.9. The highest BCUT2D eigenvalue weighted by Gasteiger charge is 2.47. The molecule has 0 radical (unpaired) electrons. The fourth-order valence-corrected chi connectivity index (χ4v) is 12.8. The van der Waals surface area contributed by atoms with Gasteiger partial charge in [0.05, 0.1) is 11.1 Å². The summed E-state index contributed by atoms with van der Waals surface area (Å²) in [4.78, 5) is 2.56. The first-order chi connectivity index (χ1) is 32.4. The van der Waals surface area contributed by atoms with E-state index in [0.717, 1.165) is 28.2 Å². The van der Waals surface area contributed by atoms with Crippen molar-refractivity contribution in [2.45, 2.75) is 70.1 Å². The number of anilines is 3. The summed E-state index contributed by atoms with van der Waals surface area (Å²) in [5.41, 5.74) is 23.6. The van der Waals surface area contributed by atoms with Gasteiger partial charge in [-0.3, -0.25) is 0 Å². The fraction of sp³-hybridized carbons (Fsp3) is 0.169. The molecule has 0 amide bonds. The molecule has 0 N–H and O–H groups in total. The van der Waals surface area contributed by atoms with E-state index < -0.39 is 5.41 Å². The Morgan fingerprint density at radius 2 is 0.970 bits per heavy atom. The number of benzene rings is 9. The van der Waals surface area contributed by atoms with Crippen LogP contribution >= 0.6 is 0 Å². The van der Waals surface area contributed by atoms with E-state index in [1.54, 1.807) is 0 Å². The van der Waals surface area contributed by atoms with Gasteiger partial charge < -0.3 is 9.32 Å². The monoisotopic (exact) mass is 863 g/mol. The third-order valence-corrected chi connectivity index (χ3v) is 15.9. The summed E-state index contributed by atoms with van der Waals surface area (Å²) in [6, 6.07) is 73.1. The van der Waals surface area contributed by atoms with E-state index in [2.05, 4.69) is 247 Å². The minimum absolute atomic E-state index is 0.0576. The smallest absolute Gasteiger partial charge is 0.143 e. The molecule has 10 aromatic rings. The second kappa shape index (κ2) is 13.8. The Morgan fingerprint density at radius 3 is 1.69 bits per heavy atom. The van der Waals surface area contributed by atoms with Crippen LogP contribution in [0.3, 0.4) is 0 Å². The zero-order valence-electron chi connectivity index (χ0n) is 39.3. The first-order valence-corrected chi connectivity index (χ1v) is 23.9. The average Bonchev–Trinajstić information content (AvgIpc) is 4.02. The molecule has 0 fully saturated rings. The lowest BCUT2D eigenvalue weighted by atomic mass is 9.67. The predicted molar refractivity (Wildman–Crippen MR) is 280 cm³/mol. The highest BCUT2D eigenvalue weighted by molar-refractivity contribution is 6.15. The molecule has 13 rings (SSSR count). The van der Waals surface area contributed by atoms with Gasteiger partial charge in [-0.05, 0) is 114 Å². The van der Waals surface area contributed by atoms with Crippen molar-refractivity contribution in [1.82, 2.24) is 0 Å². The van der Waals surface area contributed by atoms with Crippen LogP contribution in [0.1, 0.15) is 98.5 Å². The highest BCUT2D eigenvalue weighted by Crippen LogP contribution is 2.60. The van der Waals surface area contributed by atoms with E-state index in [4.69, 9.17) is 4.42 Å². The van der Waals surface area contributed by atoms with Crippen molar-refractivity contribution in [2.75, 3.05) is 4.90 Å². The molecular formula is C65H53NO. The Bertz CT molecular complexity index is 3640.